The molecule has 0 fully saturated rings. The quantitative estimate of drug-likeness (QED) is 0.0988. The maximum atomic E-state index is 14.7. The van der Waals surface area contributed by atoms with Gasteiger partial charge in [0.05, 0.1) is 23.9 Å². The van der Waals surface area contributed by atoms with Crippen LogP contribution in [-0.2, 0) is 25.8 Å². The van der Waals surface area contributed by atoms with E-state index in [0.29, 0.717) is 42.9 Å². The number of sulfone groups is 1. The van der Waals surface area contributed by atoms with Gasteiger partial charge < -0.3 is 24.6 Å². The van der Waals surface area contributed by atoms with Crippen molar-refractivity contribution in [3.8, 4) is 22.6 Å². The Morgan fingerprint density at radius 2 is 1.45 bits per heavy atom. The summed E-state index contributed by atoms with van der Waals surface area (Å²) in [6.07, 6.45) is -0.0816. The van der Waals surface area contributed by atoms with Gasteiger partial charge >= 0.3 is 0 Å². The Bertz CT molecular complexity index is 2090. The third-order valence-corrected chi connectivity index (χ3v) is 10.9. The number of aliphatic hydroxyl groups excluding tert-OH is 1. The van der Waals surface area contributed by atoms with Crippen molar-refractivity contribution in [3.05, 3.63) is 150 Å². The first-order chi connectivity index (χ1) is 25.8. The fourth-order valence-electron chi connectivity index (χ4n) is 6.36. The minimum absolute atomic E-state index is 0.0274. The van der Waals surface area contributed by atoms with E-state index in [4.69, 9.17) is 24.3 Å². The largest absolute Gasteiger partial charge is 0.494 e. The van der Waals surface area contributed by atoms with Gasteiger partial charge in [-0.2, -0.15) is 0 Å². The Balaban J connectivity index is 1.38. The highest BCUT2D eigenvalue weighted by atomic mass is 32.2. The van der Waals surface area contributed by atoms with E-state index in [1.54, 1.807) is 54.6 Å². The van der Waals surface area contributed by atoms with E-state index in [9.17, 15) is 13.2 Å². The van der Waals surface area contributed by atoms with Crippen molar-refractivity contribution in [3.63, 3.8) is 0 Å². The fraction of sp³-hybridized carbons (Fsp3) is 0.256. The van der Waals surface area contributed by atoms with Crippen LogP contribution in [0.3, 0.4) is 0 Å². The molecule has 0 spiro atoms. The molecule has 53 heavy (non-hydrogen) atoms. The number of benzene rings is 5. The molecule has 2 N–H and O–H groups in total. The molecule has 0 aliphatic carbocycles. The maximum Gasteiger partial charge on any atom is 0.252 e. The summed E-state index contributed by atoms with van der Waals surface area (Å²) in [7, 11) is -3.80. The number of hydrogen-bond donors (Lipinski definition) is 2. The molecule has 2 atom stereocenters. The van der Waals surface area contributed by atoms with Crippen molar-refractivity contribution in [2.24, 2.45) is 4.99 Å². The highest BCUT2D eigenvalue weighted by molar-refractivity contribution is 7.91. The average Bonchev–Trinajstić information content (AvgIpc) is 3.60. The zero-order valence-corrected chi connectivity index (χ0v) is 30.5. The highest BCUT2D eigenvalue weighted by Crippen LogP contribution is 2.43. The second-order valence-corrected chi connectivity index (χ2v) is 14.8. The van der Waals surface area contributed by atoms with Crippen molar-refractivity contribution in [2.75, 3.05) is 32.1 Å². The molecule has 0 radical (unpaired) electrons. The first-order valence-electron chi connectivity index (χ1n) is 17.9. The van der Waals surface area contributed by atoms with Crippen molar-refractivity contribution >= 4 is 21.6 Å². The zero-order chi connectivity index (χ0) is 37.1. The van der Waals surface area contributed by atoms with E-state index in [1.165, 1.54) is 0 Å². The lowest BCUT2D eigenvalue weighted by atomic mass is 9.84. The molecular formula is C43H44N2O7S. The van der Waals surface area contributed by atoms with Crippen LogP contribution in [0.2, 0.25) is 0 Å². The smallest absolute Gasteiger partial charge is 0.252 e. The molecule has 9 nitrogen and oxygen atoms in total. The van der Waals surface area contributed by atoms with E-state index >= 15 is 0 Å². The number of aliphatic hydroxyl groups is 1. The lowest BCUT2D eigenvalue weighted by molar-refractivity contribution is -0.129. The molecule has 6 rings (SSSR count). The molecule has 5 aromatic carbocycles. The van der Waals surface area contributed by atoms with Gasteiger partial charge in [0.25, 0.3) is 5.91 Å². The molecule has 0 saturated carbocycles. The van der Waals surface area contributed by atoms with E-state index in [-0.39, 0.29) is 36.1 Å². The summed E-state index contributed by atoms with van der Waals surface area (Å²) in [6.45, 7) is 3.09. The number of nitrogens with one attached hydrogen (secondary N) is 1. The Morgan fingerprint density at radius 1 is 0.811 bits per heavy atom. The molecule has 1 heterocycles. The van der Waals surface area contributed by atoms with Gasteiger partial charge in [0.15, 0.2) is 21.5 Å². The average molecular weight is 733 g/mol. The number of nitrogens with zero attached hydrogens (tertiary/aromatic N) is 1. The third kappa shape index (κ3) is 8.96. The summed E-state index contributed by atoms with van der Waals surface area (Å²) in [5, 5.41) is 12.2. The number of para-hydroxylation sites is 1. The number of ether oxygens (including phenoxy) is 3. The minimum atomic E-state index is -3.80. The van der Waals surface area contributed by atoms with Gasteiger partial charge in [0, 0.05) is 31.6 Å². The monoisotopic (exact) mass is 732 g/mol. The third-order valence-electron chi connectivity index (χ3n) is 9.16. The number of rotatable bonds is 17. The summed E-state index contributed by atoms with van der Waals surface area (Å²) >= 11 is 0. The zero-order valence-electron chi connectivity index (χ0n) is 29.7. The molecule has 0 unspecified atom stereocenters. The van der Waals surface area contributed by atoms with Gasteiger partial charge in [-0.15, -0.1) is 0 Å². The predicted molar refractivity (Wildman–Crippen MR) is 206 cm³/mol. The molecule has 0 aromatic heterocycles. The van der Waals surface area contributed by atoms with Crippen LogP contribution in [0.5, 0.6) is 11.5 Å². The lowest BCUT2D eigenvalue weighted by Gasteiger charge is -2.31. The van der Waals surface area contributed by atoms with E-state index in [0.717, 1.165) is 22.4 Å². The molecule has 0 bridgehead atoms. The minimum Gasteiger partial charge on any atom is -0.494 e. The first kappa shape index (κ1) is 37.3. The number of carbonyl (C=O) groups excluding carboxylic acids is 1. The Kier molecular flexibility index (Phi) is 12.2. The number of amides is 1. The lowest BCUT2D eigenvalue weighted by Crippen LogP contribution is -2.49. The van der Waals surface area contributed by atoms with Crippen LogP contribution in [0.4, 0.5) is 0 Å². The Morgan fingerprint density at radius 3 is 2.15 bits per heavy atom. The van der Waals surface area contributed by atoms with Gasteiger partial charge in [-0.3, -0.25) is 4.79 Å². The first-order valence-corrected chi connectivity index (χ1v) is 19.5. The van der Waals surface area contributed by atoms with Crippen LogP contribution in [0.1, 0.15) is 42.6 Å². The molecular weight excluding hydrogens is 689 g/mol. The van der Waals surface area contributed by atoms with E-state index in [2.05, 4.69) is 5.32 Å². The van der Waals surface area contributed by atoms with Crippen LogP contribution < -0.4 is 14.8 Å². The van der Waals surface area contributed by atoms with E-state index < -0.39 is 27.4 Å². The summed E-state index contributed by atoms with van der Waals surface area (Å²) < 4.78 is 45.6. The second kappa shape index (κ2) is 17.4. The Hall–Kier alpha value is -5.45. The predicted octanol–water partition coefficient (Wildman–Crippen LogP) is 6.99. The molecule has 5 aromatic rings. The Labute approximate surface area is 311 Å². The van der Waals surface area contributed by atoms with Gasteiger partial charge in [0.1, 0.15) is 11.5 Å². The summed E-state index contributed by atoms with van der Waals surface area (Å²) in [6, 6.07) is 40.8. The van der Waals surface area contributed by atoms with Crippen LogP contribution in [0.25, 0.3) is 11.1 Å². The van der Waals surface area contributed by atoms with Crippen LogP contribution in [-0.4, -0.2) is 63.0 Å². The molecule has 1 amide bonds. The van der Waals surface area contributed by atoms with Crippen LogP contribution >= 0.6 is 0 Å². The highest BCUT2D eigenvalue weighted by Gasteiger charge is 2.53. The van der Waals surface area contributed by atoms with Gasteiger partial charge in [0.2, 0.25) is 5.90 Å². The molecule has 1 aliphatic heterocycles. The molecule has 1 aliphatic rings. The van der Waals surface area contributed by atoms with Crippen LogP contribution in [0, 0.1) is 0 Å². The van der Waals surface area contributed by atoms with Gasteiger partial charge in [-0.05, 0) is 78.1 Å². The summed E-state index contributed by atoms with van der Waals surface area (Å²) in [4.78, 5) is 19.9. The molecule has 0 saturated heterocycles. The summed E-state index contributed by atoms with van der Waals surface area (Å²) in [5.74, 6) is 0.800. The van der Waals surface area contributed by atoms with Gasteiger partial charge in [-0.25, -0.2) is 13.4 Å². The van der Waals surface area contributed by atoms with E-state index in [1.807, 2.05) is 85.8 Å². The standard InChI is InChI=1S/C43H44N2O7S/c1-2-50-39-17-10-9-14-34(39)26-28-44-42(47)43(27-31-53(48,49)38-15-7-4-8-16-38)40(35-20-18-33(19-21-35)32-12-5-3-6-13-32)52-41(45-43)36-22-24-37(25-23-36)51-30-11-29-46/h3-10,12-25,40,46H,2,11,26-31H2,1H3,(H,44,47)/t40-,43-/m1/s1. The molecule has 274 valence electrons. The van der Waals surface area contributed by atoms with Crippen molar-refractivity contribution < 1.29 is 32.5 Å². The number of carbonyl (C=O) groups is 1. The second-order valence-electron chi connectivity index (χ2n) is 12.7. The summed E-state index contributed by atoms with van der Waals surface area (Å²) in [5.41, 5.74) is 2.62. The van der Waals surface area contributed by atoms with Crippen molar-refractivity contribution in [2.45, 2.75) is 42.7 Å². The van der Waals surface area contributed by atoms with Crippen molar-refractivity contribution in [1.82, 2.24) is 5.32 Å². The van der Waals surface area contributed by atoms with Crippen LogP contribution in [0.15, 0.2) is 143 Å². The number of aliphatic imine (C=N–C) groups is 1. The number of hydrogen-bond acceptors (Lipinski definition) is 8. The maximum absolute atomic E-state index is 14.7. The molecule has 10 heteroatoms. The topological polar surface area (TPSA) is 124 Å². The fourth-order valence-corrected chi connectivity index (χ4v) is 7.74. The van der Waals surface area contributed by atoms with Crippen molar-refractivity contribution in [1.29, 1.82) is 0 Å². The van der Waals surface area contributed by atoms with Gasteiger partial charge in [-0.1, -0.05) is 91.0 Å². The normalized spacial score (nSPS) is 16.7. The SMILES string of the molecule is CCOc1ccccc1CCNC(=O)[C@]1(CCS(=O)(=O)c2ccccc2)N=C(c2ccc(OCCCO)cc2)O[C@@H]1c1ccc(-c2ccccc2)cc1.